The molecule has 1 amide bonds. The van der Waals surface area contributed by atoms with E-state index in [1.165, 1.54) is 0 Å². The van der Waals surface area contributed by atoms with Gasteiger partial charge in [0.15, 0.2) is 0 Å². The molecule has 1 aromatic carbocycles. The molecule has 0 fully saturated rings. The van der Waals surface area contributed by atoms with E-state index in [-0.39, 0.29) is 12.6 Å². The minimum atomic E-state index is -0.429. The van der Waals surface area contributed by atoms with E-state index in [0.717, 1.165) is 10.0 Å². The van der Waals surface area contributed by atoms with E-state index in [0.29, 0.717) is 5.75 Å². The molecule has 0 aliphatic rings. The van der Waals surface area contributed by atoms with Crippen LogP contribution in [0, 0.1) is 0 Å². The zero-order valence-electron chi connectivity index (χ0n) is 10.1. The first-order valence-electron chi connectivity index (χ1n) is 5.28. The Labute approximate surface area is 109 Å². The van der Waals surface area contributed by atoms with Crippen LogP contribution in [0.5, 0.6) is 5.75 Å². The van der Waals surface area contributed by atoms with Gasteiger partial charge in [0.05, 0.1) is 7.11 Å². The summed E-state index contributed by atoms with van der Waals surface area (Å²) in [6.07, 6.45) is -0.429. The van der Waals surface area contributed by atoms with Gasteiger partial charge >= 0.3 is 6.09 Å². The van der Waals surface area contributed by atoms with Gasteiger partial charge in [0.1, 0.15) is 12.4 Å². The molecule has 5 heteroatoms. The Hall–Kier alpha value is -1.23. The fraction of sp³-hybridized carbons (Fsp3) is 0.417. The lowest BCUT2D eigenvalue weighted by atomic mass is 10.2. The maximum absolute atomic E-state index is 11.3. The normalized spacial score (nSPS) is 10.2. The van der Waals surface area contributed by atoms with E-state index in [4.69, 9.17) is 9.47 Å². The third-order valence-corrected chi connectivity index (χ3v) is 2.50. The number of benzene rings is 1. The molecule has 17 heavy (non-hydrogen) atoms. The van der Waals surface area contributed by atoms with Crippen molar-refractivity contribution in [1.29, 1.82) is 0 Å². The summed E-state index contributed by atoms with van der Waals surface area (Å²) in [6, 6.07) is 5.62. The highest BCUT2D eigenvalue weighted by Gasteiger charge is 2.08. The SMILES string of the molecule is COc1ccc(Br)cc1COC(=O)NC(C)C. The Morgan fingerprint density at radius 2 is 2.18 bits per heavy atom. The molecule has 0 aromatic heterocycles. The Balaban J connectivity index is 2.62. The van der Waals surface area contributed by atoms with Crippen molar-refractivity contribution in [2.45, 2.75) is 26.5 Å². The number of carbonyl (C=O) groups is 1. The van der Waals surface area contributed by atoms with Crippen molar-refractivity contribution in [3.8, 4) is 5.75 Å². The molecule has 0 unspecified atom stereocenters. The summed E-state index contributed by atoms with van der Waals surface area (Å²) in [7, 11) is 1.58. The summed E-state index contributed by atoms with van der Waals surface area (Å²) in [4.78, 5) is 11.3. The monoisotopic (exact) mass is 301 g/mol. The van der Waals surface area contributed by atoms with Crippen molar-refractivity contribution in [2.75, 3.05) is 7.11 Å². The van der Waals surface area contributed by atoms with Gasteiger partial charge in [-0.2, -0.15) is 0 Å². The maximum atomic E-state index is 11.3. The maximum Gasteiger partial charge on any atom is 0.407 e. The van der Waals surface area contributed by atoms with Gasteiger partial charge in [0, 0.05) is 16.1 Å². The third-order valence-electron chi connectivity index (χ3n) is 2.01. The molecule has 1 N–H and O–H groups in total. The Morgan fingerprint density at radius 1 is 1.47 bits per heavy atom. The average molecular weight is 302 g/mol. The number of hydrogen-bond donors (Lipinski definition) is 1. The van der Waals surface area contributed by atoms with Crippen molar-refractivity contribution in [3.05, 3.63) is 28.2 Å². The van der Waals surface area contributed by atoms with Crippen LogP contribution in [0.4, 0.5) is 4.79 Å². The van der Waals surface area contributed by atoms with Crippen LogP contribution >= 0.6 is 15.9 Å². The van der Waals surface area contributed by atoms with Crippen LogP contribution < -0.4 is 10.1 Å². The summed E-state index contributed by atoms with van der Waals surface area (Å²) in [5.41, 5.74) is 0.820. The summed E-state index contributed by atoms with van der Waals surface area (Å²) < 4.78 is 11.2. The molecule has 1 aromatic rings. The van der Waals surface area contributed by atoms with E-state index < -0.39 is 6.09 Å². The zero-order chi connectivity index (χ0) is 12.8. The van der Waals surface area contributed by atoms with Gasteiger partial charge in [0.25, 0.3) is 0 Å². The lowest BCUT2D eigenvalue weighted by Crippen LogP contribution is -2.30. The number of halogens is 1. The van der Waals surface area contributed by atoms with Crippen LogP contribution in [0.25, 0.3) is 0 Å². The van der Waals surface area contributed by atoms with E-state index >= 15 is 0 Å². The van der Waals surface area contributed by atoms with Crippen molar-refractivity contribution < 1.29 is 14.3 Å². The molecule has 0 atom stereocenters. The molecule has 0 spiro atoms. The van der Waals surface area contributed by atoms with Crippen molar-refractivity contribution in [2.24, 2.45) is 0 Å². The predicted octanol–water partition coefficient (Wildman–Crippen LogP) is 3.09. The number of alkyl carbamates (subject to hydrolysis) is 1. The molecule has 0 aliphatic heterocycles. The fourth-order valence-electron chi connectivity index (χ4n) is 1.28. The third kappa shape index (κ3) is 4.65. The molecule has 0 heterocycles. The molecule has 1 rings (SSSR count). The first kappa shape index (κ1) is 13.8. The Kier molecular flexibility index (Phi) is 5.28. The Bertz CT molecular complexity index is 393. The molecule has 0 saturated heterocycles. The molecular weight excluding hydrogens is 286 g/mol. The molecule has 0 bridgehead atoms. The number of nitrogens with one attached hydrogen (secondary N) is 1. The summed E-state index contributed by atoms with van der Waals surface area (Å²) in [5, 5.41) is 2.65. The highest BCUT2D eigenvalue weighted by atomic mass is 79.9. The number of methoxy groups -OCH3 is 1. The number of rotatable bonds is 4. The van der Waals surface area contributed by atoms with Crippen molar-refractivity contribution >= 4 is 22.0 Å². The van der Waals surface area contributed by atoms with Gasteiger partial charge in [-0.25, -0.2) is 4.79 Å². The highest BCUT2D eigenvalue weighted by Crippen LogP contribution is 2.23. The summed E-state index contributed by atoms with van der Waals surface area (Å²) >= 11 is 3.36. The van der Waals surface area contributed by atoms with Gasteiger partial charge in [-0.05, 0) is 32.0 Å². The van der Waals surface area contributed by atoms with Crippen LogP contribution in [0.15, 0.2) is 22.7 Å². The van der Waals surface area contributed by atoms with E-state index in [9.17, 15) is 4.79 Å². The number of carbonyl (C=O) groups excluding carboxylic acids is 1. The zero-order valence-corrected chi connectivity index (χ0v) is 11.7. The van der Waals surface area contributed by atoms with Gasteiger partial charge < -0.3 is 14.8 Å². The van der Waals surface area contributed by atoms with Crippen molar-refractivity contribution in [1.82, 2.24) is 5.32 Å². The molecular formula is C12H16BrNO3. The smallest absolute Gasteiger partial charge is 0.407 e. The quantitative estimate of drug-likeness (QED) is 0.929. The number of hydrogen-bond acceptors (Lipinski definition) is 3. The first-order chi connectivity index (χ1) is 8.02. The molecule has 4 nitrogen and oxygen atoms in total. The lowest BCUT2D eigenvalue weighted by Gasteiger charge is -2.11. The second-order valence-electron chi connectivity index (χ2n) is 3.83. The lowest BCUT2D eigenvalue weighted by molar-refractivity contribution is 0.136. The van der Waals surface area contributed by atoms with E-state index in [1.54, 1.807) is 7.11 Å². The molecule has 94 valence electrons. The predicted molar refractivity (Wildman–Crippen MR) is 69.2 cm³/mol. The molecule has 0 aliphatic carbocycles. The molecule has 0 radical (unpaired) electrons. The van der Waals surface area contributed by atoms with Crippen LogP contribution in [-0.2, 0) is 11.3 Å². The topological polar surface area (TPSA) is 47.6 Å². The Morgan fingerprint density at radius 3 is 2.76 bits per heavy atom. The van der Waals surface area contributed by atoms with Gasteiger partial charge in [-0.1, -0.05) is 15.9 Å². The molecule has 0 saturated carbocycles. The van der Waals surface area contributed by atoms with Crippen LogP contribution in [0.3, 0.4) is 0 Å². The second kappa shape index (κ2) is 6.49. The summed E-state index contributed by atoms with van der Waals surface area (Å²) in [5.74, 6) is 0.700. The number of ether oxygens (including phenoxy) is 2. The van der Waals surface area contributed by atoms with Crippen LogP contribution in [0.2, 0.25) is 0 Å². The van der Waals surface area contributed by atoms with E-state index in [2.05, 4.69) is 21.2 Å². The largest absolute Gasteiger partial charge is 0.496 e. The summed E-state index contributed by atoms with van der Waals surface area (Å²) in [6.45, 7) is 3.93. The van der Waals surface area contributed by atoms with Gasteiger partial charge in [0.2, 0.25) is 0 Å². The highest BCUT2D eigenvalue weighted by molar-refractivity contribution is 9.10. The average Bonchev–Trinajstić information content (AvgIpc) is 2.25. The van der Waals surface area contributed by atoms with Crippen LogP contribution in [-0.4, -0.2) is 19.2 Å². The second-order valence-corrected chi connectivity index (χ2v) is 4.75. The minimum Gasteiger partial charge on any atom is -0.496 e. The van der Waals surface area contributed by atoms with Crippen LogP contribution in [0.1, 0.15) is 19.4 Å². The minimum absolute atomic E-state index is 0.0619. The van der Waals surface area contributed by atoms with Gasteiger partial charge in [-0.3, -0.25) is 0 Å². The first-order valence-corrected chi connectivity index (χ1v) is 6.08. The number of amides is 1. The fourth-order valence-corrected chi connectivity index (χ4v) is 1.69. The van der Waals surface area contributed by atoms with E-state index in [1.807, 2.05) is 32.0 Å². The van der Waals surface area contributed by atoms with Gasteiger partial charge in [-0.15, -0.1) is 0 Å². The van der Waals surface area contributed by atoms with Crippen molar-refractivity contribution in [3.63, 3.8) is 0 Å². The standard InChI is InChI=1S/C12H16BrNO3/c1-8(2)14-12(15)17-7-9-6-10(13)4-5-11(9)16-3/h4-6,8H,7H2,1-3H3,(H,14,15).